The third kappa shape index (κ3) is 14.1. The number of carbonyl (C=O) groups is 1. The van der Waals surface area contributed by atoms with Gasteiger partial charge in [0.05, 0.1) is 24.9 Å². The normalized spacial score (nSPS) is 20.9. The van der Waals surface area contributed by atoms with Crippen LogP contribution in [0.5, 0.6) is 0 Å². The van der Waals surface area contributed by atoms with E-state index in [1.54, 1.807) is 6.08 Å². The lowest BCUT2D eigenvalue weighted by molar-refractivity contribution is -0.144. The highest BCUT2D eigenvalue weighted by Gasteiger charge is 2.39. The van der Waals surface area contributed by atoms with Crippen LogP contribution in [-0.2, 0) is 23.1 Å². The van der Waals surface area contributed by atoms with E-state index in [-0.39, 0.29) is 34.4 Å². The number of hydrogen-bond donors (Lipinski definition) is 0. The molecule has 0 aromatic rings. The van der Waals surface area contributed by atoms with Gasteiger partial charge in [-0.15, -0.1) is 13.2 Å². The molecule has 1 unspecified atom stereocenters. The van der Waals surface area contributed by atoms with Crippen LogP contribution in [0.1, 0.15) is 87.5 Å². The minimum atomic E-state index is -2.03. The Morgan fingerprint density at radius 1 is 0.977 bits per heavy atom. The molecule has 0 spiro atoms. The van der Waals surface area contributed by atoms with Gasteiger partial charge in [-0.2, -0.15) is 0 Å². The minimum absolute atomic E-state index is 0.0353. The van der Waals surface area contributed by atoms with Crippen molar-refractivity contribution in [3.8, 4) is 0 Å². The Morgan fingerprint density at radius 3 is 2.14 bits per heavy atom. The van der Waals surface area contributed by atoms with Crippen LogP contribution >= 0.6 is 0 Å². The molecule has 0 saturated carbocycles. The molecule has 0 bridgehead atoms. The highest BCUT2D eigenvalue weighted by Crippen LogP contribution is 2.38. The summed E-state index contributed by atoms with van der Waals surface area (Å²) in [6.45, 7) is 38.8. The van der Waals surface area contributed by atoms with E-state index in [0.29, 0.717) is 13.0 Å². The number of ether oxygens (including phenoxy) is 2. The van der Waals surface area contributed by atoms with Crippen molar-refractivity contribution in [3.05, 3.63) is 72.9 Å². The highest BCUT2D eigenvalue weighted by atomic mass is 28.4. The number of allylic oxidation sites excluding steroid dienone is 2. The summed E-state index contributed by atoms with van der Waals surface area (Å²) in [5.74, 6) is -0.378. The highest BCUT2D eigenvalue weighted by molar-refractivity contribution is 6.74. The van der Waals surface area contributed by atoms with E-state index in [1.165, 1.54) is 11.6 Å². The average molecular weight is 645 g/mol. The van der Waals surface area contributed by atoms with Gasteiger partial charge in [0, 0.05) is 12.5 Å². The van der Waals surface area contributed by atoms with Gasteiger partial charge < -0.3 is 18.3 Å². The first kappa shape index (κ1) is 40.2. The van der Waals surface area contributed by atoms with Crippen molar-refractivity contribution in [3.63, 3.8) is 0 Å². The fraction of sp³-hybridized carbons (Fsp3) is 0.649. The summed E-state index contributed by atoms with van der Waals surface area (Å²) in [5.41, 5.74) is 3.41. The summed E-state index contributed by atoms with van der Waals surface area (Å²) in [5, 5.41) is 0.183. The zero-order valence-electron chi connectivity index (χ0n) is 30.2. The third-order valence-corrected chi connectivity index (χ3v) is 18.2. The molecule has 250 valence electrons. The Kier molecular flexibility index (Phi) is 15.8. The fourth-order valence-electron chi connectivity index (χ4n) is 4.46. The first-order chi connectivity index (χ1) is 20.1. The van der Waals surface area contributed by atoms with E-state index < -0.39 is 22.7 Å². The van der Waals surface area contributed by atoms with Crippen molar-refractivity contribution >= 4 is 22.6 Å². The van der Waals surface area contributed by atoms with Crippen LogP contribution in [0.4, 0.5) is 0 Å². The lowest BCUT2D eigenvalue weighted by Gasteiger charge is -2.38. The molecular formula is C37H64O5Si2. The predicted molar refractivity (Wildman–Crippen MR) is 193 cm³/mol. The summed E-state index contributed by atoms with van der Waals surface area (Å²) in [6.07, 6.45) is 14.5. The number of rotatable bonds is 16. The van der Waals surface area contributed by atoms with E-state index >= 15 is 0 Å². The number of esters is 1. The lowest BCUT2D eigenvalue weighted by Crippen LogP contribution is -2.43. The fourth-order valence-corrected chi connectivity index (χ4v) is 6.79. The summed E-state index contributed by atoms with van der Waals surface area (Å²) < 4.78 is 25.3. The van der Waals surface area contributed by atoms with Crippen molar-refractivity contribution in [2.75, 3.05) is 6.61 Å². The van der Waals surface area contributed by atoms with Crippen LogP contribution in [0.2, 0.25) is 36.3 Å². The summed E-state index contributed by atoms with van der Waals surface area (Å²) >= 11 is 0. The van der Waals surface area contributed by atoms with E-state index in [4.69, 9.17) is 18.3 Å². The van der Waals surface area contributed by atoms with Crippen LogP contribution in [-0.4, -0.2) is 53.6 Å². The second kappa shape index (κ2) is 17.2. The molecule has 1 aliphatic rings. The maximum atomic E-state index is 13.0. The van der Waals surface area contributed by atoms with Crippen molar-refractivity contribution in [2.24, 2.45) is 0 Å². The molecule has 0 aromatic carbocycles. The van der Waals surface area contributed by atoms with Gasteiger partial charge in [-0.1, -0.05) is 95.2 Å². The van der Waals surface area contributed by atoms with Gasteiger partial charge in [0.1, 0.15) is 6.10 Å². The molecular weight excluding hydrogens is 581 g/mol. The van der Waals surface area contributed by atoms with Gasteiger partial charge in [-0.25, -0.2) is 4.79 Å². The smallest absolute Gasteiger partial charge is 0.331 e. The topological polar surface area (TPSA) is 54.0 Å². The lowest BCUT2D eigenvalue weighted by atomic mass is 9.95. The van der Waals surface area contributed by atoms with E-state index in [2.05, 4.69) is 100 Å². The zero-order valence-corrected chi connectivity index (χ0v) is 32.2. The molecule has 1 fully saturated rings. The predicted octanol–water partition coefficient (Wildman–Crippen LogP) is 10.4. The van der Waals surface area contributed by atoms with Crippen molar-refractivity contribution < 1.29 is 23.1 Å². The van der Waals surface area contributed by atoms with Crippen molar-refractivity contribution in [1.82, 2.24) is 0 Å². The van der Waals surface area contributed by atoms with Gasteiger partial charge in [0.25, 0.3) is 0 Å². The molecule has 5 nitrogen and oxygen atoms in total. The van der Waals surface area contributed by atoms with Gasteiger partial charge >= 0.3 is 5.97 Å². The summed E-state index contributed by atoms with van der Waals surface area (Å²) in [4.78, 5) is 13.0. The Labute approximate surface area is 272 Å². The van der Waals surface area contributed by atoms with Gasteiger partial charge in [-0.3, -0.25) is 0 Å². The van der Waals surface area contributed by atoms with Crippen molar-refractivity contribution in [2.45, 2.75) is 148 Å². The first-order valence-corrected chi connectivity index (χ1v) is 22.0. The Morgan fingerprint density at radius 2 is 1.59 bits per heavy atom. The molecule has 0 amide bonds. The quantitative estimate of drug-likeness (QED) is 0.0550. The van der Waals surface area contributed by atoms with E-state index in [1.807, 2.05) is 25.2 Å². The molecule has 4 atom stereocenters. The molecule has 0 radical (unpaired) electrons. The third-order valence-electron chi connectivity index (χ3n) is 9.19. The van der Waals surface area contributed by atoms with Crippen LogP contribution in [0.15, 0.2) is 72.9 Å². The van der Waals surface area contributed by atoms with E-state index in [9.17, 15) is 4.79 Å². The minimum Gasteiger partial charge on any atom is -0.456 e. The monoisotopic (exact) mass is 644 g/mol. The van der Waals surface area contributed by atoms with Gasteiger partial charge in [0.15, 0.2) is 16.6 Å². The average Bonchev–Trinajstić information content (AvgIpc) is 2.85. The summed E-state index contributed by atoms with van der Waals surface area (Å²) in [7, 11) is -3.95. The SMILES string of the molecule is C=CC[C@H]1CC(=C)C[C@@H](/C=C(\C)C[C@@H](CO[Si](C)(C)C(C)(C)C)OC(=O)/C=C/C=C(\C)CC(C=C)O[Si](C)(C)C(C)(C)C)O1. The van der Waals surface area contributed by atoms with Crippen LogP contribution in [0.25, 0.3) is 0 Å². The van der Waals surface area contributed by atoms with Crippen molar-refractivity contribution in [1.29, 1.82) is 0 Å². The number of carbonyl (C=O) groups excluding carboxylic acids is 1. The maximum absolute atomic E-state index is 13.0. The first-order valence-electron chi connectivity index (χ1n) is 16.2. The molecule has 1 saturated heterocycles. The molecule has 0 aliphatic carbocycles. The standard InChI is InChI=1S/C37H64O5Si2/c1-16-19-32-23-29(4)24-33(40-32)25-30(5)26-34(27-39-43(12,13)36(6,7)8)41-35(38)21-18-20-28(3)22-31(17-2)42-44(14,15)37(9,10)11/h16-18,20-21,25,31-34H,1-2,4,19,22-24,26-27H2,3,5-15H3/b21-18+,28-20+,30-25+/t31?,32-,33-,34-/m0/s1. The molecule has 1 aliphatic heterocycles. The Balaban J connectivity index is 2.98. The van der Waals surface area contributed by atoms with E-state index in [0.717, 1.165) is 36.8 Å². The van der Waals surface area contributed by atoms with Crippen LogP contribution in [0.3, 0.4) is 0 Å². The maximum Gasteiger partial charge on any atom is 0.331 e. The second-order valence-corrected chi connectivity index (χ2v) is 25.1. The van der Waals surface area contributed by atoms with Crippen LogP contribution < -0.4 is 0 Å². The zero-order chi connectivity index (χ0) is 33.9. The second-order valence-electron chi connectivity index (χ2n) is 15.6. The molecule has 0 N–H and O–H groups in total. The molecule has 1 heterocycles. The largest absolute Gasteiger partial charge is 0.456 e. The molecule has 44 heavy (non-hydrogen) atoms. The molecule has 1 rings (SSSR count). The van der Waals surface area contributed by atoms with Gasteiger partial charge in [-0.05, 0) is 75.8 Å². The Hall–Kier alpha value is -1.78. The van der Waals surface area contributed by atoms with Gasteiger partial charge in [0.2, 0.25) is 0 Å². The molecule has 7 heteroatoms. The number of hydrogen-bond acceptors (Lipinski definition) is 5. The summed E-state index contributed by atoms with van der Waals surface area (Å²) in [6, 6.07) is 0. The Bertz CT molecular complexity index is 1070. The molecule has 0 aromatic heterocycles. The van der Waals surface area contributed by atoms with Crippen LogP contribution in [0, 0.1) is 0 Å².